The van der Waals surface area contributed by atoms with Gasteiger partial charge in [-0.1, -0.05) is 48.9 Å². The number of carbonyl (C=O) groups excluding carboxylic acids is 2. The van der Waals surface area contributed by atoms with Gasteiger partial charge in [0.25, 0.3) is 0 Å². The summed E-state index contributed by atoms with van der Waals surface area (Å²) in [6, 6.07) is 17.1. The van der Waals surface area contributed by atoms with Crippen molar-refractivity contribution in [2.45, 2.75) is 32.2 Å². The van der Waals surface area contributed by atoms with Crippen LogP contribution in [-0.4, -0.2) is 33.1 Å². The van der Waals surface area contributed by atoms with Crippen molar-refractivity contribution >= 4 is 23.6 Å². The van der Waals surface area contributed by atoms with Gasteiger partial charge in [-0.15, -0.1) is 10.2 Å². The summed E-state index contributed by atoms with van der Waals surface area (Å²) < 4.78 is 2.17. The smallest absolute Gasteiger partial charge is 0.244 e. The number of rotatable bonds is 6. The van der Waals surface area contributed by atoms with Crippen LogP contribution < -0.4 is 10.6 Å². The Morgan fingerprint density at radius 3 is 2.74 bits per heavy atom. The molecule has 0 aliphatic carbocycles. The number of anilines is 1. The maximum atomic E-state index is 12.3. The van der Waals surface area contributed by atoms with E-state index in [9.17, 15) is 9.59 Å². The lowest BCUT2D eigenvalue weighted by atomic mass is 10.2. The van der Waals surface area contributed by atoms with Crippen LogP contribution in [0.15, 0.2) is 60.7 Å². The van der Waals surface area contributed by atoms with Crippen LogP contribution in [0.25, 0.3) is 17.5 Å². The SMILES string of the molecule is O=C(/C=C/c1ccccc1)NCC(=O)Nc1cccc(-c2nnc3n2CCCCC3)c1. The van der Waals surface area contributed by atoms with E-state index < -0.39 is 0 Å². The predicted octanol–water partition coefficient (Wildman–Crippen LogP) is 3.44. The number of amides is 2. The zero-order valence-electron chi connectivity index (χ0n) is 17.3. The first-order chi connectivity index (χ1) is 15.2. The van der Waals surface area contributed by atoms with Gasteiger partial charge in [-0.25, -0.2) is 0 Å². The van der Waals surface area contributed by atoms with E-state index in [1.54, 1.807) is 6.08 Å². The van der Waals surface area contributed by atoms with Gasteiger partial charge in [-0.05, 0) is 36.6 Å². The molecule has 0 saturated carbocycles. The number of nitrogens with zero attached hydrogens (tertiary/aromatic N) is 3. The minimum Gasteiger partial charge on any atom is -0.343 e. The minimum absolute atomic E-state index is 0.109. The topological polar surface area (TPSA) is 88.9 Å². The van der Waals surface area contributed by atoms with Gasteiger partial charge in [0.1, 0.15) is 5.82 Å². The maximum Gasteiger partial charge on any atom is 0.244 e. The van der Waals surface area contributed by atoms with Crippen LogP contribution >= 0.6 is 0 Å². The molecule has 7 nitrogen and oxygen atoms in total. The Morgan fingerprint density at radius 2 is 1.87 bits per heavy atom. The summed E-state index contributed by atoms with van der Waals surface area (Å²) >= 11 is 0. The maximum absolute atomic E-state index is 12.3. The summed E-state index contributed by atoms with van der Waals surface area (Å²) in [7, 11) is 0. The highest BCUT2D eigenvalue weighted by Gasteiger charge is 2.16. The Bertz CT molecular complexity index is 1090. The summed E-state index contributed by atoms with van der Waals surface area (Å²) in [5.74, 6) is 1.23. The van der Waals surface area contributed by atoms with Gasteiger partial charge >= 0.3 is 0 Å². The van der Waals surface area contributed by atoms with Gasteiger partial charge in [-0.2, -0.15) is 0 Å². The Labute approximate surface area is 181 Å². The number of hydrogen-bond donors (Lipinski definition) is 2. The van der Waals surface area contributed by atoms with Crippen LogP contribution in [0.1, 0.15) is 30.7 Å². The lowest BCUT2D eigenvalue weighted by Crippen LogP contribution is -2.31. The molecule has 3 aromatic rings. The van der Waals surface area contributed by atoms with Gasteiger partial charge in [0.15, 0.2) is 5.82 Å². The fourth-order valence-corrected chi connectivity index (χ4v) is 3.60. The largest absolute Gasteiger partial charge is 0.343 e. The van der Waals surface area contributed by atoms with Crippen LogP contribution in [0.4, 0.5) is 5.69 Å². The highest BCUT2D eigenvalue weighted by atomic mass is 16.2. The summed E-state index contributed by atoms with van der Waals surface area (Å²) in [4.78, 5) is 24.2. The summed E-state index contributed by atoms with van der Waals surface area (Å²) in [6.07, 6.45) is 7.53. The molecule has 2 amide bonds. The molecule has 0 spiro atoms. The van der Waals surface area contributed by atoms with Crippen molar-refractivity contribution in [1.29, 1.82) is 0 Å². The monoisotopic (exact) mass is 415 g/mol. The van der Waals surface area contributed by atoms with Crippen molar-refractivity contribution in [2.75, 3.05) is 11.9 Å². The van der Waals surface area contributed by atoms with Crippen LogP contribution in [0.3, 0.4) is 0 Å². The molecule has 2 heterocycles. The molecule has 158 valence electrons. The molecular formula is C24H25N5O2. The molecule has 0 atom stereocenters. The zero-order valence-corrected chi connectivity index (χ0v) is 17.3. The van der Waals surface area contributed by atoms with E-state index in [4.69, 9.17) is 0 Å². The summed E-state index contributed by atoms with van der Waals surface area (Å²) in [6.45, 7) is 0.805. The first-order valence-corrected chi connectivity index (χ1v) is 10.5. The zero-order chi connectivity index (χ0) is 21.5. The summed E-state index contributed by atoms with van der Waals surface area (Å²) in [5, 5.41) is 14.1. The average Bonchev–Trinajstić information content (AvgIpc) is 3.05. The summed E-state index contributed by atoms with van der Waals surface area (Å²) in [5.41, 5.74) is 2.49. The van der Waals surface area contributed by atoms with E-state index in [0.717, 1.165) is 48.6 Å². The standard InChI is InChI=1S/C24H25N5O2/c30-22(14-13-18-8-3-1-4-9-18)25-17-23(31)26-20-11-7-10-19(16-20)24-28-27-21-12-5-2-6-15-29(21)24/h1,3-4,7-11,13-14,16H,2,5-6,12,15,17H2,(H,25,30)(H,26,31)/b14-13+. The quantitative estimate of drug-likeness (QED) is 0.604. The van der Waals surface area contributed by atoms with E-state index in [1.807, 2.05) is 54.6 Å². The van der Waals surface area contributed by atoms with Crippen LogP contribution in [0, 0.1) is 0 Å². The number of nitrogens with one attached hydrogen (secondary N) is 2. The number of hydrogen-bond acceptors (Lipinski definition) is 4. The molecule has 1 aliphatic rings. The van der Waals surface area contributed by atoms with Gasteiger partial charge in [0.2, 0.25) is 11.8 Å². The molecule has 0 bridgehead atoms. The van der Waals surface area contributed by atoms with Crippen LogP contribution in [-0.2, 0) is 22.6 Å². The molecule has 1 aliphatic heterocycles. The van der Waals surface area contributed by atoms with Crippen molar-refractivity contribution < 1.29 is 9.59 Å². The molecule has 0 unspecified atom stereocenters. The third-order valence-corrected chi connectivity index (χ3v) is 5.16. The first kappa shape index (κ1) is 20.5. The Morgan fingerprint density at radius 1 is 1.00 bits per heavy atom. The number of aryl methyl sites for hydroxylation is 1. The number of aromatic nitrogens is 3. The molecule has 4 rings (SSSR count). The van der Waals surface area contributed by atoms with Crippen molar-refractivity contribution in [3.63, 3.8) is 0 Å². The fraction of sp³-hybridized carbons (Fsp3) is 0.250. The third-order valence-electron chi connectivity index (χ3n) is 5.16. The molecular weight excluding hydrogens is 390 g/mol. The normalized spacial score (nSPS) is 13.4. The molecule has 1 aromatic heterocycles. The third kappa shape index (κ3) is 5.45. The van der Waals surface area contributed by atoms with E-state index in [2.05, 4.69) is 25.4 Å². The van der Waals surface area contributed by atoms with Gasteiger partial charge in [0, 0.05) is 30.3 Å². The molecule has 0 saturated heterocycles. The fourth-order valence-electron chi connectivity index (χ4n) is 3.60. The van der Waals surface area contributed by atoms with Crippen LogP contribution in [0.2, 0.25) is 0 Å². The second kappa shape index (κ2) is 9.84. The number of carbonyl (C=O) groups is 2. The molecule has 2 aromatic carbocycles. The molecule has 0 radical (unpaired) electrons. The van der Waals surface area contributed by atoms with E-state index >= 15 is 0 Å². The number of benzene rings is 2. The highest BCUT2D eigenvalue weighted by Crippen LogP contribution is 2.24. The minimum atomic E-state index is -0.320. The van der Waals surface area contributed by atoms with Gasteiger partial charge < -0.3 is 15.2 Å². The molecule has 7 heteroatoms. The lowest BCUT2D eigenvalue weighted by molar-refractivity contribution is -0.121. The second-order valence-electron chi connectivity index (χ2n) is 7.49. The number of fused-ring (bicyclic) bond motifs is 1. The second-order valence-corrected chi connectivity index (χ2v) is 7.49. The molecule has 2 N–H and O–H groups in total. The van der Waals surface area contributed by atoms with Crippen molar-refractivity contribution in [3.8, 4) is 11.4 Å². The molecule has 0 fully saturated rings. The van der Waals surface area contributed by atoms with Gasteiger partial charge in [-0.3, -0.25) is 9.59 Å². The predicted molar refractivity (Wildman–Crippen MR) is 120 cm³/mol. The van der Waals surface area contributed by atoms with Gasteiger partial charge in [0.05, 0.1) is 6.54 Å². The Balaban J connectivity index is 1.35. The van der Waals surface area contributed by atoms with Crippen molar-refractivity contribution in [2.24, 2.45) is 0 Å². The molecule has 31 heavy (non-hydrogen) atoms. The highest BCUT2D eigenvalue weighted by molar-refractivity contribution is 5.98. The average molecular weight is 415 g/mol. The van der Waals surface area contributed by atoms with Crippen LogP contribution in [0.5, 0.6) is 0 Å². The van der Waals surface area contributed by atoms with Crippen molar-refractivity contribution in [1.82, 2.24) is 20.1 Å². The first-order valence-electron chi connectivity index (χ1n) is 10.5. The van der Waals surface area contributed by atoms with E-state index in [0.29, 0.717) is 5.69 Å². The van der Waals surface area contributed by atoms with E-state index in [1.165, 1.54) is 12.5 Å². The van der Waals surface area contributed by atoms with E-state index in [-0.39, 0.29) is 18.4 Å². The lowest BCUT2D eigenvalue weighted by Gasteiger charge is -2.09. The van der Waals surface area contributed by atoms with Crippen molar-refractivity contribution in [3.05, 3.63) is 72.1 Å². The Hall–Kier alpha value is -3.74. The Kier molecular flexibility index (Phi) is 6.52.